The third-order valence-corrected chi connectivity index (χ3v) is 8.22. The van der Waals surface area contributed by atoms with Crippen LogP contribution in [0.3, 0.4) is 0 Å². The number of nitrogens with two attached hydrogens (primary N) is 1. The lowest BCUT2D eigenvalue weighted by Crippen LogP contribution is -2.11. The zero-order valence-electron chi connectivity index (χ0n) is 28.6. The van der Waals surface area contributed by atoms with Gasteiger partial charge in [0.2, 0.25) is 0 Å². The van der Waals surface area contributed by atoms with Crippen LogP contribution in [0.4, 0.5) is 0 Å². The number of fused-ring (bicyclic) bond motifs is 2. The van der Waals surface area contributed by atoms with E-state index in [2.05, 4.69) is 78.6 Å². The number of benzene rings is 2. The Hall–Kier alpha value is -6.10. The minimum atomic E-state index is 0.432. The molecule has 0 bridgehead atoms. The van der Waals surface area contributed by atoms with E-state index >= 15 is 0 Å². The van der Waals surface area contributed by atoms with Crippen molar-refractivity contribution in [1.29, 1.82) is 0 Å². The van der Waals surface area contributed by atoms with Crippen molar-refractivity contribution < 1.29 is 0 Å². The van der Waals surface area contributed by atoms with Crippen LogP contribution < -0.4 is 5.73 Å². The standard InChI is InChI=1S/C21H21N5.C19H17N5/c1-15-6-4-9-21(23-15)26-20-12-16(10-11-17(20)13-22-26)19-8-5-7-18(24-19)14-25(2)3;1-13-4-2-7-19(22-13)24-18-10-14(8-9-15(18)12-21-24)17-6-3-5-16(11-20)23-17/h4-13H,14H2,1-3H3;2-10,12H,11,20H2,1H3. The van der Waals surface area contributed by atoms with Gasteiger partial charge in [-0.25, -0.2) is 19.3 Å². The van der Waals surface area contributed by atoms with Crippen LogP contribution >= 0.6 is 0 Å². The second-order valence-electron chi connectivity index (χ2n) is 12.4. The normalized spacial score (nSPS) is 11.2. The van der Waals surface area contributed by atoms with E-state index in [1.807, 2.05) is 110 Å². The molecule has 0 aliphatic heterocycles. The van der Waals surface area contributed by atoms with Gasteiger partial charge in [0.25, 0.3) is 0 Å². The van der Waals surface area contributed by atoms with Crippen LogP contribution in [0, 0.1) is 13.8 Å². The number of aromatic nitrogens is 8. The summed E-state index contributed by atoms with van der Waals surface area (Å²) in [6.45, 7) is 5.21. The average molecular weight is 659 g/mol. The first-order chi connectivity index (χ1) is 24.3. The lowest BCUT2D eigenvalue weighted by molar-refractivity contribution is 0.397. The number of rotatable bonds is 7. The highest BCUT2D eigenvalue weighted by atomic mass is 15.3. The lowest BCUT2D eigenvalue weighted by Gasteiger charge is -2.10. The summed E-state index contributed by atoms with van der Waals surface area (Å²) in [6, 6.07) is 36.5. The molecule has 248 valence electrons. The highest BCUT2D eigenvalue weighted by molar-refractivity contribution is 5.86. The molecule has 10 nitrogen and oxygen atoms in total. The molecule has 0 atom stereocenters. The molecule has 8 rings (SSSR count). The van der Waals surface area contributed by atoms with Crippen LogP contribution in [0.1, 0.15) is 22.8 Å². The van der Waals surface area contributed by atoms with Crippen LogP contribution in [-0.2, 0) is 13.1 Å². The predicted octanol–water partition coefficient (Wildman–Crippen LogP) is 7.10. The number of aryl methyl sites for hydroxylation is 2. The molecule has 0 spiro atoms. The summed E-state index contributed by atoms with van der Waals surface area (Å²) in [6.07, 6.45) is 3.73. The molecule has 8 aromatic rings. The summed E-state index contributed by atoms with van der Waals surface area (Å²) in [4.78, 5) is 20.7. The van der Waals surface area contributed by atoms with Crippen molar-refractivity contribution >= 4 is 21.8 Å². The number of nitrogens with zero attached hydrogens (tertiary/aromatic N) is 9. The number of hydrogen-bond donors (Lipinski definition) is 1. The minimum Gasteiger partial charge on any atom is -0.325 e. The quantitative estimate of drug-likeness (QED) is 0.193. The SMILES string of the molecule is Cc1cccc(-n2ncc3ccc(-c4cccc(CN(C)C)n4)cc32)n1.Cc1cccc(-n2ncc3ccc(-c4cccc(CN)n4)cc32)n1. The van der Waals surface area contributed by atoms with E-state index in [0.29, 0.717) is 6.54 Å². The van der Waals surface area contributed by atoms with Gasteiger partial charge in [-0.2, -0.15) is 10.2 Å². The van der Waals surface area contributed by atoms with Crippen molar-refractivity contribution in [3.8, 4) is 34.2 Å². The molecule has 6 aromatic heterocycles. The Morgan fingerprint density at radius 3 is 1.52 bits per heavy atom. The Labute approximate surface area is 290 Å². The summed E-state index contributed by atoms with van der Waals surface area (Å²) in [5, 5.41) is 11.2. The average Bonchev–Trinajstić information content (AvgIpc) is 3.76. The van der Waals surface area contributed by atoms with Crippen molar-refractivity contribution in [3.63, 3.8) is 0 Å². The zero-order chi connectivity index (χ0) is 34.6. The van der Waals surface area contributed by atoms with Gasteiger partial charge in [-0.3, -0.25) is 9.97 Å². The van der Waals surface area contributed by atoms with Gasteiger partial charge < -0.3 is 10.6 Å². The molecule has 6 heterocycles. The van der Waals surface area contributed by atoms with Crippen LogP contribution in [0.25, 0.3) is 56.0 Å². The molecule has 0 amide bonds. The number of pyridine rings is 4. The van der Waals surface area contributed by atoms with E-state index in [-0.39, 0.29) is 0 Å². The van der Waals surface area contributed by atoms with Gasteiger partial charge in [0.15, 0.2) is 11.6 Å². The fraction of sp³-hybridized carbons (Fsp3) is 0.150. The minimum absolute atomic E-state index is 0.432. The molecule has 0 fully saturated rings. The van der Waals surface area contributed by atoms with Gasteiger partial charge >= 0.3 is 0 Å². The van der Waals surface area contributed by atoms with Gasteiger partial charge in [-0.05, 0) is 88.6 Å². The van der Waals surface area contributed by atoms with Crippen molar-refractivity contribution in [3.05, 3.63) is 144 Å². The Balaban J connectivity index is 0.000000157. The lowest BCUT2D eigenvalue weighted by atomic mass is 10.1. The monoisotopic (exact) mass is 658 g/mol. The fourth-order valence-electron chi connectivity index (χ4n) is 5.82. The second kappa shape index (κ2) is 14.2. The second-order valence-corrected chi connectivity index (χ2v) is 12.4. The van der Waals surface area contributed by atoms with Crippen molar-refractivity contribution in [1.82, 2.24) is 44.4 Å². The predicted molar refractivity (Wildman–Crippen MR) is 199 cm³/mol. The molecule has 50 heavy (non-hydrogen) atoms. The Kier molecular flexibility index (Phi) is 9.20. The van der Waals surface area contributed by atoms with E-state index in [0.717, 1.165) is 85.3 Å². The molecule has 0 saturated heterocycles. The van der Waals surface area contributed by atoms with Gasteiger partial charge in [0, 0.05) is 46.4 Å². The van der Waals surface area contributed by atoms with E-state index in [1.54, 1.807) is 0 Å². The topological polar surface area (TPSA) is 116 Å². The van der Waals surface area contributed by atoms with Crippen molar-refractivity contribution in [2.24, 2.45) is 5.73 Å². The molecule has 0 saturated carbocycles. The third kappa shape index (κ3) is 7.02. The maximum Gasteiger partial charge on any atom is 0.154 e. The smallest absolute Gasteiger partial charge is 0.154 e. The molecule has 0 aliphatic carbocycles. The highest BCUT2D eigenvalue weighted by Gasteiger charge is 2.11. The summed E-state index contributed by atoms with van der Waals surface area (Å²) in [5.74, 6) is 1.64. The molecule has 0 aliphatic rings. The molecule has 2 aromatic carbocycles. The Morgan fingerprint density at radius 1 is 0.560 bits per heavy atom. The first kappa shape index (κ1) is 32.4. The fourth-order valence-corrected chi connectivity index (χ4v) is 5.82. The van der Waals surface area contributed by atoms with Gasteiger partial charge in [-0.1, -0.05) is 48.5 Å². The highest BCUT2D eigenvalue weighted by Crippen LogP contribution is 2.26. The number of hydrogen-bond acceptors (Lipinski definition) is 8. The van der Waals surface area contributed by atoms with Crippen LogP contribution in [0.15, 0.2) is 122 Å². The van der Waals surface area contributed by atoms with Gasteiger partial charge in [0.05, 0.1) is 46.2 Å². The maximum atomic E-state index is 5.70. The van der Waals surface area contributed by atoms with Gasteiger partial charge in [0.1, 0.15) is 0 Å². The maximum absolute atomic E-state index is 5.70. The van der Waals surface area contributed by atoms with E-state index < -0.39 is 0 Å². The van der Waals surface area contributed by atoms with Crippen molar-refractivity contribution in [2.45, 2.75) is 26.9 Å². The molecule has 10 heteroatoms. The van der Waals surface area contributed by atoms with E-state index in [4.69, 9.17) is 10.7 Å². The van der Waals surface area contributed by atoms with Crippen LogP contribution in [0.5, 0.6) is 0 Å². The molecule has 0 unspecified atom stereocenters. The van der Waals surface area contributed by atoms with E-state index in [1.165, 1.54) is 0 Å². The molecular weight excluding hydrogens is 621 g/mol. The summed E-state index contributed by atoms with van der Waals surface area (Å²) >= 11 is 0. The molecular formula is C40H38N10. The van der Waals surface area contributed by atoms with Crippen molar-refractivity contribution in [2.75, 3.05) is 14.1 Å². The van der Waals surface area contributed by atoms with Crippen LogP contribution in [-0.4, -0.2) is 58.5 Å². The summed E-state index contributed by atoms with van der Waals surface area (Å²) in [5.41, 5.74) is 15.6. The summed E-state index contributed by atoms with van der Waals surface area (Å²) in [7, 11) is 4.10. The molecule has 2 N–H and O–H groups in total. The zero-order valence-corrected chi connectivity index (χ0v) is 28.6. The van der Waals surface area contributed by atoms with Gasteiger partial charge in [-0.15, -0.1) is 0 Å². The Morgan fingerprint density at radius 2 is 1.04 bits per heavy atom. The first-order valence-corrected chi connectivity index (χ1v) is 16.5. The summed E-state index contributed by atoms with van der Waals surface area (Å²) < 4.78 is 3.74. The largest absolute Gasteiger partial charge is 0.325 e. The third-order valence-electron chi connectivity index (χ3n) is 8.22. The van der Waals surface area contributed by atoms with E-state index in [9.17, 15) is 0 Å². The van der Waals surface area contributed by atoms with Crippen LogP contribution in [0.2, 0.25) is 0 Å². The molecule has 0 radical (unpaired) electrons. The first-order valence-electron chi connectivity index (χ1n) is 16.5. The Bertz CT molecular complexity index is 2420.